The zero-order chi connectivity index (χ0) is 13.5. The highest BCUT2D eigenvalue weighted by Gasteiger charge is 2.09. The molecule has 4 heteroatoms. The molecule has 0 fully saturated rings. The largest absolute Gasteiger partial charge is 0.325 e. The van der Waals surface area contributed by atoms with Gasteiger partial charge >= 0.3 is 0 Å². The Morgan fingerprint density at radius 2 is 1.89 bits per heavy atom. The molecule has 0 saturated heterocycles. The van der Waals surface area contributed by atoms with Gasteiger partial charge in [-0.3, -0.25) is 4.98 Å². The first-order chi connectivity index (χ1) is 9.35. The van der Waals surface area contributed by atoms with Crippen LogP contribution in [0.2, 0.25) is 0 Å². The molecule has 0 bridgehead atoms. The highest BCUT2D eigenvalue weighted by Crippen LogP contribution is 2.22. The summed E-state index contributed by atoms with van der Waals surface area (Å²) in [6.45, 7) is 6.75. The van der Waals surface area contributed by atoms with Crippen LogP contribution in [-0.2, 0) is 6.54 Å². The molecule has 1 aromatic heterocycles. The van der Waals surface area contributed by atoms with Gasteiger partial charge in [-0.2, -0.15) is 0 Å². The molecule has 0 aliphatic rings. The Hall–Kier alpha value is -1.94. The molecule has 0 spiro atoms. The van der Waals surface area contributed by atoms with Crippen molar-refractivity contribution in [1.29, 1.82) is 0 Å². The third-order valence-corrected chi connectivity index (χ3v) is 2.89. The summed E-state index contributed by atoms with van der Waals surface area (Å²) in [7, 11) is 0. The first kappa shape index (κ1) is 13.5. The number of benzene rings is 1. The van der Waals surface area contributed by atoms with Crippen LogP contribution in [0.15, 0.2) is 42.7 Å². The molecule has 0 unspecified atom stereocenters. The van der Waals surface area contributed by atoms with E-state index < -0.39 is 0 Å². The molecule has 4 nitrogen and oxygen atoms in total. The fourth-order valence-electron chi connectivity index (χ4n) is 1.95. The summed E-state index contributed by atoms with van der Waals surface area (Å²) >= 11 is 0. The van der Waals surface area contributed by atoms with Gasteiger partial charge in [0.1, 0.15) is 0 Å². The lowest BCUT2D eigenvalue weighted by Crippen LogP contribution is -2.19. The Bertz CT molecular complexity index is 499. The zero-order valence-electron chi connectivity index (χ0n) is 11.5. The van der Waals surface area contributed by atoms with E-state index in [2.05, 4.69) is 46.2 Å². The molecule has 1 heterocycles. The molecule has 19 heavy (non-hydrogen) atoms. The Labute approximate surface area is 114 Å². The topological polar surface area (TPSA) is 41.1 Å². The van der Waals surface area contributed by atoms with Crippen molar-refractivity contribution in [3.63, 3.8) is 0 Å². The van der Waals surface area contributed by atoms with E-state index in [0.29, 0.717) is 0 Å². The third kappa shape index (κ3) is 3.51. The van der Waals surface area contributed by atoms with Gasteiger partial charge in [0, 0.05) is 25.0 Å². The molecule has 1 aromatic carbocycles. The summed E-state index contributed by atoms with van der Waals surface area (Å²) in [4.78, 5) is 11.1. The Morgan fingerprint density at radius 1 is 1.11 bits per heavy atom. The predicted molar refractivity (Wildman–Crippen MR) is 78.5 cm³/mol. The summed E-state index contributed by atoms with van der Waals surface area (Å²) in [6.07, 6.45) is 3.62. The molecule has 0 aliphatic carbocycles. The maximum absolute atomic E-state index is 4.66. The maximum atomic E-state index is 4.66. The molecular formula is C15H20N4. The van der Waals surface area contributed by atoms with Gasteiger partial charge in [0.25, 0.3) is 0 Å². The Kier molecular flexibility index (Phi) is 4.86. The second-order valence-electron chi connectivity index (χ2n) is 4.23. The van der Waals surface area contributed by atoms with E-state index in [4.69, 9.17) is 0 Å². The summed E-state index contributed by atoms with van der Waals surface area (Å²) < 4.78 is 0. The normalized spacial score (nSPS) is 10.4. The number of hydrogen-bond donors (Lipinski definition) is 1. The van der Waals surface area contributed by atoms with Crippen LogP contribution < -0.4 is 10.2 Å². The molecule has 2 rings (SSSR count). The van der Waals surface area contributed by atoms with Crippen molar-refractivity contribution in [3.8, 4) is 0 Å². The lowest BCUT2D eigenvalue weighted by atomic mass is 10.3. The van der Waals surface area contributed by atoms with E-state index in [0.717, 1.165) is 36.8 Å². The van der Waals surface area contributed by atoms with Gasteiger partial charge in [-0.15, -0.1) is 0 Å². The number of hydrogen-bond acceptors (Lipinski definition) is 4. The van der Waals surface area contributed by atoms with Gasteiger partial charge in [0.2, 0.25) is 0 Å². The van der Waals surface area contributed by atoms with Crippen LogP contribution in [0.1, 0.15) is 19.5 Å². The number of anilines is 2. The van der Waals surface area contributed by atoms with Crippen molar-refractivity contribution in [2.45, 2.75) is 20.4 Å². The Balaban J connectivity index is 2.23. The lowest BCUT2D eigenvalue weighted by Gasteiger charge is -2.22. The predicted octanol–water partition coefficient (Wildman–Crippen LogP) is 2.74. The minimum atomic E-state index is 0.754. The molecular weight excluding hydrogens is 236 g/mol. The van der Waals surface area contributed by atoms with E-state index in [-0.39, 0.29) is 0 Å². The SMILES string of the molecule is CCNCc1cncc(N(CC)c2ccccc2)n1. The van der Waals surface area contributed by atoms with Crippen LogP contribution in [0.3, 0.4) is 0 Å². The van der Waals surface area contributed by atoms with Gasteiger partial charge in [0.15, 0.2) is 5.82 Å². The first-order valence-corrected chi connectivity index (χ1v) is 6.69. The highest BCUT2D eigenvalue weighted by atomic mass is 15.2. The van der Waals surface area contributed by atoms with Crippen molar-refractivity contribution in [3.05, 3.63) is 48.4 Å². The lowest BCUT2D eigenvalue weighted by molar-refractivity contribution is 0.706. The van der Waals surface area contributed by atoms with Gasteiger partial charge in [-0.05, 0) is 25.6 Å². The second kappa shape index (κ2) is 6.85. The molecule has 0 saturated carbocycles. The van der Waals surface area contributed by atoms with Crippen LogP contribution >= 0.6 is 0 Å². The fraction of sp³-hybridized carbons (Fsp3) is 0.333. The first-order valence-electron chi connectivity index (χ1n) is 6.69. The van der Waals surface area contributed by atoms with Gasteiger partial charge < -0.3 is 10.2 Å². The van der Waals surface area contributed by atoms with Crippen molar-refractivity contribution in [2.75, 3.05) is 18.0 Å². The van der Waals surface area contributed by atoms with E-state index >= 15 is 0 Å². The average molecular weight is 256 g/mol. The second-order valence-corrected chi connectivity index (χ2v) is 4.23. The van der Waals surface area contributed by atoms with Crippen LogP contribution in [-0.4, -0.2) is 23.1 Å². The minimum absolute atomic E-state index is 0.754. The maximum Gasteiger partial charge on any atom is 0.151 e. The van der Waals surface area contributed by atoms with E-state index in [1.165, 1.54) is 0 Å². The molecule has 100 valence electrons. The van der Waals surface area contributed by atoms with Crippen molar-refractivity contribution >= 4 is 11.5 Å². The fourth-order valence-corrected chi connectivity index (χ4v) is 1.95. The number of rotatable bonds is 6. The quantitative estimate of drug-likeness (QED) is 0.863. The molecule has 0 aliphatic heterocycles. The van der Waals surface area contributed by atoms with Crippen molar-refractivity contribution < 1.29 is 0 Å². The third-order valence-electron chi connectivity index (χ3n) is 2.89. The van der Waals surface area contributed by atoms with Crippen LogP contribution in [0.25, 0.3) is 0 Å². The van der Waals surface area contributed by atoms with Crippen molar-refractivity contribution in [2.24, 2.45) is 0 Å². The standard InChI is InChI=1S/C15H20N4/c1-3-16-10-13-11-17-12-15(18-13)19(4-2)14-8-6-5-7-9-14/h5-9,11-12,16H,3-4,10H2,1-2H3. The number of nitrogens with one attached hydrogen (secondary N) is 1. The van der Waals surface area contributed by atoms with Gasteiger partial charge in [-0.1, -0.05) is 25.1 Å². The monoisotopic (exact) mass is 256 g/mol. The summed E-state index contributed by atoms with van der Waals surface area (Å²) in [6, 6.07) is 10.3. The average Bonchev–Trinajstić information content (AvgIpc) is 2.47. The summed E-state index contributed by atoms with van der Waals surface area (Å²) in [5.74, 6) is 0.893. The zero-order valence-corrected chi connectivity index (χ0v) is 11.5. The molecule has 0 amide bonds. The van der Waals surface area contributed by atoms with E-state index in [1.54, 1.807) is 0 Å². The molecule has 0 radical (unpaired) electrons. The van der Waals surface area contributed by atoms with Crippen LogP contribution in [0, 0.1) is 0 Å². The highest BCUT2D eigenvalue weighted by molar-refractivity contribution is 5.58. The van der Waals surface area contributed by atoms with E-state index in [9.17, 15) is 0 Å². The van der Waals surface area contributed by atoms with E-state index in [1.807, 2.05) is 30.6 Å². The van der Waals surface area contributed by atoms with Crippen LogP contribution in [0.4, 0.5) is 11.5 Å². The Morgan fingerprint density at radius 3 is 2.58 bits per heavy atom. The number of nitrogens with zero attached hydrogens (tertiary/aromatic N) is 3. The summed E-state index contributed by atoms with van der Waals surface area (Å²) in [5.41, 5.74) is 2.11. The minimum Gasteiger partial charge on any atom is -0.325 e. The smallest absolute Gasteiger partial charge is 0.151 e. The van der Waals surface area contributed by atoms with Crippen LogP contribution in [0.5, 0.6) is 0 Å². The van der Waals surface area contributed by atoms with Crippen molar-refractivity contribution in [1.82, 2.24) is 15.3 Å². The van der Waals surface area contributed by atoms with Gasteiger partial charge in [-0.25, -0.2) is 4.98 Å². The van der Waals surface area contributed by atoms with Gasteiger partial charge in [0.05, 0.1) is 11.9 Å². The number of para-hydroxylation sites is 1. The molecule has 1 N–H and O–H groups in total. The molecule has 0 atom stereocenters. The number of aromatic nitrogens is 2. The summed E-state index contributed by atoms with van der Waals surface area (Å²) in [5, 5.41) is 3.27. The molecule has 2 aromatic rings.